The van der Waals surface area contributed by atoms with Crippen molar-refractivity contribution in [3.8, 4) is 34.3 Å². The lowest BCUT2D eigenvalue weighted by Crippen LogP contribution is -2.35. The number of amides is 1. The fraction of sp³-hybridized carbons (Fsp3) is 0.300. The highest BCUT2D eigenvalue weighted by atomic mass is 19.4. The zero-order valence-electron chi connectivity index (χ0n) is 17.1. The number of hydrogen-bond donors (Lipinski definition) is 1. The molecule has 180 valence electrons. The van der Waals surface area contributed by atoms with Crippen LogP contribution in [0, 0.1) is 0 Å². The Hall–Kier alpha value is -3.84. The van der Waals surface area contributed by atoms with Crippen molar-refractivity contribution in [3.05, 3.63) is 42.2 Å². The Kier molecular flexibility index (Phi) is 6.06. The monoisotopic (exact) mass is 487 g/mol. The Morgan fingerprint density at radius 3 is 2.21 bits per heavy atom. The molecular weight excluding hydrogens is 472 g/mol. The fourth-order valence-electron chi connectivity index (χ4n) is 3.17. The SMILES string of the molecule is O=C1NCCn2nc(-c3ccnc(-c4c(OCC(F)(F)F)cccc4OCC(F)(F)F)n3)cc21. The molecule has 14 heteroatoms. The van der Waals surface area contributed by atoms with Gasteiger partial charge in [0.25, 0.3) is 5.91 Å². The number of nitrogens with zero attached hydrogens (tertiary/aromatic N) is 4. The van der Waals surface area contributed by atoms with Gasteiger partial charge in [0.05, 0.1) is 12.2 Å². The maximum absolute atomic E-state index is 12.7. The quantitative estimate of drug-likeness (QED) is 0.534. The van der Waals surface area contributed by atoms with E-state index < -0.39 is 37.1 Å². The van der Waals surface area contributed by atoms with Gasteiger partial charge in [0.2, 0.25) is 0 Å². The van der Waals surface area contributed by atoms with Crippen LogP contribution in [0.25, 0.3) is 22.8 Å². The van der Waals surface area contributed by atoms with Gasteiger partial charge in [0.15, 0.2) is 19.0 Å². The molecule has 1 amide bonds. The van der Waals surface area contributed by atoms with E-state index in [1.165, 1.54) is 29.1 Å². The van der Waals surface area contributed by atoms with Gasteiger partial charge in [-0.3, -0.25) is 9.48 Å². The van der Waals surface area contributed by atoms with Crippen molar-refractivity contribution >= 4 is 5.91 Å². The zero-order valence-corrected chi connectivity index (χ0v) is 17.1. The van der Waals surface area contributed by atoms with E-state index in [1.54, 1.807) is 0 Å². The van der Waals surface area contributed by atoms with Crippen molar-refractivity contribution in [2.45, 2.75) is 18.9 Å². The second-order valence-electron chi connectivity index (χ2n) is 7.10. The lowest BCUT2D eigenvalue weighted by Gasteiger charge is -2.17. The standard InChI is InChI=1S/C20H15F6N5O3/c21-19(22,23)9-33-14-2-1-3-15(34-10-20(24,25)26)16(14)17-27-5-4-11(29-17)12-8-13-18(32)28-6-7-31(13)30-12/h1-5,8H,6-7,9-10H2,(H,28,32). The summed E-state index contributed by atoms with van der Waals surface area (Å²) >= 11 is 0. The van der Waals surface area contributed by atoms with Crippen LogP contribution in [-0.2, 0) is 6.54 Å². The number of carbonyl (C=O) groups is 1. The summed E-state index contributed by atoms with van der Waals surface area (Å²) in [5.74, 6) is -1.42. The molecule has 0 radical (unpaired) electrons. The van der Waals surface area contributed by atoms with Gasteiger partial charge in [0, 0.05) is 12.7 Å². The van der Waals surface area contributed by atoms with Crippen LogP contribution in [0.15, 0.2) is 36.5 Å². The summed E-state index contributed by atoms with van der Waals surface area (Å²) in [7, 11) is 0. The second-order valence-corrected chi connectivity index (χ2v) is 7.10. The van der Waals surface area contributed by atoms with E-state index in [4.69, 9.17) is 9.47 Å². The number of ether oxygens (including phenoxy) is 2. The third-order valence-electron chi connectivity index (χ3n) is 4.53. The summed E-state index contributed by atoms with van der Waals surface area (Å²) in [6.07, 6.45) is -8.14. The highest BCUT2D eigenvalue weighted by Crippen LogP contribution is 2.38. The fourth-order valence-corrected chi connectivity index (χ4v) is 3.17. The predicted octanol–water partition coefficient (Wildman–Crippen LogP) is 3.63. The molecule has 0 atom stereocenters. The van der Waals surface area contributed by atoms with Crippen molar-refractivity contribution in [2.24, 2.45) is 0 Å². The molecule has 34 heavy (non-hydrogen) atoms. The van der Waals surface area contributed by atoms with Crippen molar-refractivity contribution in [1.29, 1.82) is 0 Å². The minimum atomic E-state index is -4.70. The Labute approximate surface area is 187 Å². The van der Waals surface area contributed by atoms with Crippen LogP contribution in [0.2, 0.25) is 0 Å². The van der Waals surface area contributed by atoms with Gasteiger partial charge in [-0.2, -0.15) is 31.4 Å². The van der Waals surface area contributed by atoms with Crippen molar-refractivity contribution < 1.29 is 40.6 Å². The van der Waals surface area contributed by atoms with Crippen LogP contribution in [0.1, 0.15) is 10.5 Å². The molecule has 4 rings (SSSR count). The summed E-state index contributed by atoms with van der Waals surface area (Å²) in [6, 6.07) is 6.36. The summed E-state index contributed by atoms with van der Waals surface area (Å²) in [5, 5.41) is 6.95. The summed E-state index contributed by atoms with van der Waals surface area (Å²) in [6.45, 7) is -2.58. The lowest BCUT2D eigenvalue weighted by molar-refractivity contribution is -0.153. The van der Waals surface area contributed by atoms with Crippen molar-refractivity contribution in [1.82, 2.24) is 25.1 Å². The molecule has 3 aromatic rings. The highest BCUT2D eigenvalue weighted by molar-refractivity contribution is 5.94. The van der Waals surface area contributed by atoms with Crippen molar-refractivity contribution in [2.75, 3.05) is 19.8 Å². The second kappa shape index (κ2) is 8.83. The van der Waals surface area contributed by atoms with Gasteiger partial charge in [-0.1, -0.05) is 6.07 Å². The number of fused-ring (bicyclic) bond motifs is 1. The van der Waals surface area contributed by atoms with Gasteiger partial charge in [-0.05, 0) is 24.3 Å². The Morgan fingerprint density at radius 2 is 1.62 bits per heavy atom. The van der Waals surface area contributed by atoms with Crippen LogP contribution in [-0.4, -0.2) is 57.8 Å². The van der Waals surface area contributed by atoms with Gasteiger partial charge < -0.3 is 14.8 Å². The molecule has 8 nitrogen and oxygen atoms in total. The first kappa shape index (κ1) is 23.3. The molecular formula is C20H15F6N5O3. The maximum atomic E-state index is 12.7. The van der Waals surface area contributed by atoms with E-state index in [0.717, 1.165) is 12.1 Å². The normalized spacial score (nSPS) is 13.9. The molecule has 0 fully saturated rings. The molecule has 0 aliphatic carbocycles. The van der Waals surface area contributed by atoms with Gasteiger partial charge in [-0.25, -0.2) is 9.97 Å². The number of alkyl halides is 6. The number of aromatic nitrogens is 4. The topological polar surface area (TPSA) is 91.2 Å². The molecule has 0 spiro atoms. The van der Waals surface area contributed by atoms with E-state index >= 15 is 0 Å². The van der Waals surface area contributed by atoms with Gasteiger partial charge in [0.1, 0.15) is 28.5 Å². The average Bonchev–Trinajstić information content (AvgIpc) is 3.21. The Morgan fingerprint density at radius 1 is 0.971 bits per heavy atom. The first-order valence-corrected chi connectivity index (χ1v) is 9.72. The average molecular weight is 487 g/mol. The lowest BCUT2D eigenvalue weighted by atomic mass is 10.1. The van der Waals surface area contributed by atoms with Crippen LogP contribution in [0.4, 0.5) is 26.3 Å². The minimum Gasteiger partial charge on any atom is -0.483 e. The molecule has 0 unspecified atom stereocenters. The van der Waals surface area contributed by atoms with E-state index in [1.807, 2.05) is 0 Å². The number of rotatable bonds is 6. The first-order chi connectivity index (χ1) is 16.0. The van der Waals surface area contributed by atoms with Crippen LogP contribution >= 0.6 is 0 Å². The number of benzene rings is 1. The molecule has 3 heterocycles. The van der Waals surface area contributed by atoms with Gasteiger partial charge >= 0.3 is 12.4 Å². The van der Waals surface area contributed by atoms with E-state index in [0.29, 0.717) is 13.1 Å². The molecule has 1 aliphatic heterocycles. The first-order valence-electron chi connectivity index (χ1n) is 9.72. The van der Waals surface area contributed by atoms with Crippen molar-refractivity contribution in [3.63, 3.8) is 0 Å². The highest BCUT2D eigenvalue weighted by Gasteiger charge is 2.32. The molecule has 1 aromatic carbocycles. The number of carbonyl (C=O) groups excluding carboxylic acids is 1. The zero-order chi connectivity index (χ0) is 24.5. The largest absolute Gasteiger partial charge is 0.483 e. The van der Waals surface area contributed by atoms with E-state index in [-0.39, 0.29) is 34.4 Å². The molecule has 1 aliphatic rings. The van der Waals surface area contributed by atoms with Gasteiger partial charge in [-0.15, -0.1) is 0 Å². The number of nitrogens with one attached hydrogen (secondary N) is 1. The Balaban J connectivity index is 1.75. The Bertz CT molecular complexity index is 1170. The third kappa shape index (κ3) is 5.38. The molecule has 0 bridgehead atoms. The molecule has 0 saturated heterocycles. The molecule has 1 N–H and O–H groups in total. The maximum Gasteiger partial charge on any atom is 0.422 e. The summed E-state index contributed by atoms with van der Waals surface area (Å²) < 4.78 is 87.5. The van der Waals surface area contributed by atoms with Crippen LogP contribution in [0.5, 0.6) is 11.5 Å². The predicted molar refractivity (Wildman–Crippen MR) is 104 cm³/mol. The number of halogens is 6. The summed E-state index contributed by atoms with van der Waals surface area (Å²) in [5.41, 5.74) is 0.443. The van der Waals surface area contributed by atoms with Crippen LogP contribution in [0.3, 0.4) is 0 Å². The molecule has 2 aromatic heterocycles. The molecule has 0 saturated carbocycles. The van der Waals surface area contributed by atoms with E-state index in [9.17, 15) is 31.1 Å². The number of hydrogen-bond acceptors (Lipinski definition) is 6. The summed E-state index contributed by atoms with van der Waals surface area (Å²) in [4.78, 5) is 20.2. The van der Waals surface area contributed by atoms with Crippen LogP contribution < -0.4 is 14.8 Å². The smallest absolute Gasteiger partial charge is 0.422 e. The minimum absolute atomic E-state index is 0.187. The third-order valence-corrected chi connectivity index (χ3v) is 4.53. The van der Waals surface area contributed by atoms with E-state index in [2.05, 4.69) is 20.4 Å².